The zero-order valence-electron chi connectivity index (χ0n) is 12.8. The average molecular weight is 297 g/mol. The largest absolute Gasteiger partial charge is 0.468 e. The lowest BCUT2D eigenvalue weighted by Crippen LogP contribution is -2.36. The highest BCUT2D eigenvalue weighted by atomic mass is 16.5. The highest BCUT2D eigenvalue weighted by Gasteiger charge is 2.42. The Kier molecular flexibility index (Phi) is 3.92. The van der Waals surface area contributed by atoms with Crippen molar-refractivity contribution in [2.75, 3.05) is 7.11 Å². The summed E-state index contributed by atoms with van der Waals surface area (Å²) in [5.74, 6) is -1.03. The lowest BCUT2D eigenvalue weighted by atomic mass is 9.72. The third-order valence-corrected chi connectivity index (χ3v) is 4.45. The summed E-state index contributed by atoms with van der Waals surface area (Å²) in [7, 11) is 1.38. The summed E-state index contributed by atoms with van der Waals surface area (Å²) in [6.07, 6.45) is 2.17. The van der Waals surface area contributed by atoms with Crippen LogP contribution >= 0.6 is 0 Å². The fraction of sp³-hybridized carbons (Fsp3) is 0.389. The number of hydrogen-bond acceptors (Lipinski definition) is 4. The van der Waals surface area contributed by atoms with Crippen LogP contribution in [-0.4, -0.2) is 24.6 Å². The molecule has 1 aromatic rings. The number of methoxy groups -OCH3 is 1. The van der Waals surface area contributed by atoms with Gasteiger partial charge in [-0.3, -0.25) is 14.6 Å². The molecule has 0 aromatic heterocycles. The molecule has 2 atom stereocenters. The van der Waals surface area contributed by atoms with Crippen LogP contribution in [0.5, 0.6) is 0 Å². The molecule has 114 valence electrons. The highest BCUT2D eigenvalue weighted by molar-refractivity contribution is 6.08. The molecular formula is C18H19NO3. The maximum absolute atomic E-state index is 12.5. The van der Waals surface area contributed by atoms with E-state index < -0.39 is 5.92 Å². The summed E-state index contributed by atoms with van der Waals surface area (Å²) in [5.41, 5.74) is 3.25. The van der Waals surface area contributed by atoms with E-state index in [0.717, 1.165) is 29.8 Å². The van der Waals surface area contributed by atoms with Gasteiger partial charge in [-0.1, -0.05) is 30.3 Å². The van der Waals surface area contributed by atoms with Crippen LogP contribution in [0.3, 0.4) is 0 Å². The normalized spacial score (nSPS) is 24.6. The number of Topliss-reactive ketones (excluding diaryl/α,β-unsaturated/α-hetero) is 1. The number of carbonyl (C=O) groups is 2. The van der Waals surface area contributed by atoms with Crippen molar-refractivity contribution in [3.8, 4) is 0 Å². The second kappa shape index (κ2) is 5.87. The first-order chi connectivity index (χ1) is 10.6. The van der Waals surface area contributed by atoms with Gasteiger partial charge in [0.2, 0.25) is 0 Å². The Bertz CT molecular complexity index is 673. The maximum Gasteiger partial charge on any atom is 0.315 e. The second-order valence-corrected chi connectivity index (χ2v) is 5.78. The van der Waals surface area contributed by atoms with Gasteiger partial charge in [0.15, 0.2) is 5.78 Å². The molecular weight excluding hydrogens is 278 g/mol. The van der Waals surface area contributed by atoms with Gasteiger partial charge < -0.3 is 4.74 Å². The van der Waals surface area contributed by atoms with Crippen LogP contribution in [0.25, 0.3) is 0 Å². The molecule has 0 N–H and O–H groups in total. The van der Waals surface area contributed by atoms with Crippen LogP contribution in [0.15, 0.2) is 46.6 Å². The zero-order chi connectivity index (χ0) is 15.7. The molecule has 22 heavy (non-hydrogen) atoms. The summed E-state index contributed by atoms with van der Waals surface area (Å²) in [4.78, 5) is 29.4. The quantitative estimate of drug-likeness (QED) is 0.788. The summed E-state index contributed by atoms with van der Waals surface area (Å²) in [5, 5.41) is 0. The van der Waals surface area contributed by atoms with Crippen LogP contribution in [0, 0.1) is 5.92 Å². The molecule has 0 fully saturated rings. The number of allylic oxidation sites excluding steroid dienone is 2. The number of rotatable bonds is 2. The summed E-state index contributed by atoms with van der Waals surface area (Å²) in [6, 6.07) is 9.71. The van der Waals surface area contributed by atoms with Gasteiger partial charge >= 0.3 is 5.97 Å². The third-order valence-electron chi connectivity index (χ3n) is 4.45. The molecule has 0 amide bonds. The van der Waals surface area contributed by atoms with Gasteiger partial charge in [0, 0.05) is 29.3 Å². The Balaban J connectivity index is 2.17. The second-order valence-electron chi connectivity index (χ2n) is 5.78. The van der Waals surface area contributed by atoms with Crippen LogP contribution in [0.1, 0.15) is 37.7 Å². The number of ketones is 1. The maximum atomic E-state index is 12.5. The fourth-order valence-electron chi connectivity index (χ4n) is 3.46. The highest BCUT2D eigenvalue weighted by Crippen LogP contribution is 2.43. The average Bonchev–Trinajstić information content (AvgIpc) is 2.54. The number of esters is 1. The Morgan fingerprint density at radius 2 is 1.95 bits per heavy atom. The lowest BCUT2D eigenvalue weighted by Gasteiger charge is -2.34. The third kappa shape index (κ3) is 2.39. The number of aliphatic imine (C=N–C) groups is 1. The monoisotopic (exact) mass is 297 g/mol. The van der Waals surface area contributed by atoms with E-state index in [0.29, 0.717) is 12.0 Å². The van der Waals surface area contributed by atoms with Gasteiger partial charge in [0.1, 0.15) is 5.92 Å². The van der Waals surface area contributed by atoms with Crippen molar-refractivity contribution < 1.29 is 14.3 Å². The van der Waals surface area contributed by atoms with Crippen LogP contribution in [0.2, 0.25) is 0 Å². The predicted octanol–water partition coefficient (Wildman–Crippen LogP) is 3.04. The van der Waals surface area contributed by atoms with Crippen LogP contribution in [0.4, 0.5) is 0 Å². The van der Waals surface area contributed by atoms with Gasteiger partial charge in [-0.05, 0) is 25.3 Å². The molecule has 1 heterocycles. The van der Waals surface area contributed by atoms with E-state index in [1.165, 1.54) is 7.11 Å². The molecule has 1 aliphatic carbocycles. The summed E-state index contributed by atoms with van der Waals surface area (Å²) in [6.45, 7) is 1.85. The van der Waals surface area contributed by atoms with Gasteiger partial charge in [0.05, 0.1) is 7.11 Å². The van der Waals surface area contributed by atoms with Gasteiger partial charge in [-0.25, -0.2) is 0 Å². The first-order valence-corrected chi connectivity index (χ1v) is 7.57. The molecule has 2 aliphatic rings. The fourth-order valence-corrected chi connectivity index (χ4v) is 3.46. The number of carbonyl (C=O) groups excluding carboxylic acids is 2. The Morgan fingerprint density at radius 3 is 2.64 bits per heavy atom. The van der Waals surface area contributed by atoms with Crippen molar-refractivity contribution in [1.29, 1.82) is 0 Å². The molecule has 3 rings (SSSR count). The summed E-state index contributed by atoms with van der Waals surface area (Å²) < 4.78 is 4.97. The number of ether oxygens (including phenoxy) is 1. The Labute approximate surface area is 129 Å². The Morgan fingerprint density at radius 1 is 1.23 bits per heavy atom. The number of benzene rings is 1. The van der Waals surface area contributed by atoms with Crippen LogP contribution in [-0.2, 0) is 14.3 Å². The smallest absolute Gasteiger partial charge is 0.315 e. The predicted molar refractivity (Wildman–Crippen MR) is 83.7 cm³/mol. The van der Waals surface area contributed by atoms with Crippen molar-refractivity contribution in [2.45, 2.75) is 32.1 Å². The minimum atomic E-state index is -0.520. The molecule has 4 heteroatoms. The van der Waals surface area contributed by atoms with E-state index in [1.807, 2.05) is 37.3 Å². The molecule has 0 radical (unpaired) electrons. The molecule has 1 aromatic carbocycles. The molecule has 0 spiro atoms. The molecule has 0 bridgehead atoms. The van der Waals surface area contributed by atoms with Gasteiger partial charge in [-0.2, -0.15) is 0 Å². The minimum Gasteiger partial charge on any atom is -0.468 e. The van der Waals surface area contributed by atoms with Crippen LogP contribution < -0.4 is 0 Å². The minimum absolute atomic E-state index is 0.111. The standard InChI is InChI=1S/C18H19NO3/c1-11-15(18(21)22-2)16(12-7-4-3-5-8-12)17-13(19-11)9-6-10-14(17)20/h3-5,7-8,15-16H,6,9-10H2,1-2H3/t15?,16-/m0/s1. The van der Waals surface area contributed by atoms with Crippen molar-refractivity contribution in [3.05, 3.63) is 47.2 Å². The van der Waals surface area contributed by atoms with Gasteiger partial charge in [-0.15, -0.1) is 0 Å². The molecule has 4 nitrogen and oxygen atoms in total. The van der Waals surface area contributed by atoms with E-state index in [9.17, 15) is 9.59 Å². The van der Waals surface area contributed by atoms with Crippen molar-refractivity contribution in [2.24, 2.45) is 10.9 Å². The van der Waals surface area contributed by atoms with E-state index in [1.54, 1.807) is 0 Å². The van der Waals surface area contributed by atoms with E-state index >= 15 is 0 Å². The summed E-state index contributed by atoms with van der Waals surface area (Å²) >= 11 is 0. The topological polar surface area (TPSA) is 55.7 Å². The van der Waals surface area contributed by atoms with Crippen molar-refractivity contribution in [3.63, 3.8) is 0 Å². The Hall–Kier alpha value is -2.23. The SMILES string of the molecule is COC(=O)C1C(C)=NC2=C(C(=O)CCC2)[C@H]1c1ccccc1. The molecule has 0 saturated carbocycles. The van der Waals surface area contributed by atoms with E-state index in [-0.39, 0.29) is 17.7 Å². The number of hydrogen-bond donors (Lipinski definition) is 0. The number of nitrogens with zero attached hydrogens (tertiary/aromatic N) is 1. The van der Waals surface area contributed by atoms with E-state index in [4.69, 9.17) is 4.74 Å². The molecule has 1 aliphatic heterocycles. The van der Waals surface area contributed by atoms with E-state index in [2.05, 4.69) is 4.99 Å². The molecule has 0 saturated heterocycles. The first kappa shape index (κ1) is 14.7. The zero-order valence-corrected chi connectivity index (χ0v) is 12.8. The van der Waals surface area contributed by atoms with Crippen molar-refractivity contribution >= 4 is 17.5 Å². The molecule has 1 unspecified atom stereocenters. The van der Waals surface area contributed by atoms with Crippen molar-refractivity contribution in [1.82, 2.24) is 0 Å². The van der Waals surface area contributed by atoms with Gasteiger partial charge in [0.25, 0.3) is 0 Å². The first-order valence-electron chi connectivity index (χ1n) is 7.57. The lowest BCUT2D eigenvalue weighted by molar-refractivity contribution is -0.143.